The molecule has 23 heavy (non-hydrogen) atoms. The first-order valence-corrected chi connectivity index (χ1v) is 8.58. The average Bonchev–Trinajstić information content (AvgIpc) is 2.54. The Bertz CT molecular complexity index is 761. The third-order valence-electron chi connectivity index (χ3n) is 3.29. The number of halogens is 2. The molecule has 0 atom stereocenters. The van der Waals surface area contributed by atoms with Crippen LogP contribution in [0.15, 0.2) is 47.4 Å². The fraction of sp³-hybridized carbons (Fsp3) is 0.250. The standard InChI is InChI=1S/C16H17F2NO3S/c17-15-8-5-13(11-16(15)18)12-3-6-14(7-4-12)23(21,22)19-9-1-2-10-20/h3-8,11,19-20H,1-2,9-10H2. The molecule has 0 radical (unpaired) electrons. The van der Waals surface area contributed by atoms with Crippen molar-refractivity contribution in [3.8, 4) is 11.1 Å². The van der Waals surface area contributed by atoms with Gasteiger partial charge in [-0.1, -0.05) is 18.2 Å². The van der Waals surface area contributed by atoms with Crippen LogP contribution in [0.4, 0.5) is 8.78 Å². The molecule has 7 heteroatoms. The summed E-state index contributed by atoms with van der Waals surface area (Å²) in [5.41, 5.74) is 1.05. The molecule has 4 nitrogen and oxygen atoms in total. The van der Waals surface area contributed by atoms with E-state index in [0.29, 0.717) is 24.0 Å². The summed E-state index contributed by atoms with van der Waals surface area (Å²) in [6.45, 7) is 0.262. The van der Waals surface area contributed by atoms with Crippen molar-refractivity contribution in [2.45, 2.75) is 17.7 Å². The molecule has 0 heterocycles. The Morgan fingerprint density at radius 3 is 2.17 bits per heavy atom. The second kappa shape index (κ2) is 7.63. The van der Waals surface area contributed by atoms with E-state index in [1.54, 1.807) is 0 Å². The summed E-state index contributed by atoms with van der Waals surface area (Å²) in [7, 11) is -3.62. The van der Waals surface area contributed by atoms with Crippen LogP contribution >= 0.6 is 0 Å². The smallest absolute Gasteiger partial charge is 0.240 e. The van der Waals surface area contributed by atoms with Crippen LogP contribution in [0.3, 0.4) is 0 Å². The second-order valence-electron chi connectivity index (χ2n) is 4.98. The molecular weight excluding hydrogens is 324 g/mol. The highest BCUT2D eigenvalue weighted by atomic mass is 32.2. The third kappa shape index (κ3) is 4.57. The molecule has 0 saturated heterocycles. The number of unbranched alkanes of at least 4 members (excludes halogenated alkanes) is 1. The minimum Gasteiger partial charge on any atom is -0.396 e. The number of benzene rings is 2. The number of hydrogen-bond donors (Lipinski definition) is 2. The van der Waals surface area contributed by atoms with Gasteiger partial charge in [0.25, 0.3) is 0 Å². The van der Waals surface area contributed by atoms with Gasteiger partial charge in [-0.2, -0.15) is 0 Å². The molecule has 0 bridgehead atoms. The molecule has 0 saturated carbocycles. The molecule has 0 aliphatic heterocycles. The third-order valence-corrected chi connectivity index (χ3v) is 4.77. The van der Waals surface area contributed by atoms with E-state index in [1.807, 2.05) is 0 Å². The molecule has 0 aliphatic rings. The normalized spacial score (nSPS) is 11.6. The zero-order valence-electron chi connectivity index (χ0n) is 12.3. The fourth-order valence-electron chi connectivity index (χ4n) is 2.03. The van der Waals surface area contributed by atoms with Crippen LogP contribution in [-0.4, -0.2) is 26.7 Å². The molecule has 124 valence electrons. The lowest BCUT2D eigenvalue weighted by Gasteiger charge is -2.08. The summed E-state index contributed by atoms with van der Waals surface area (Å²) in [4.78, 5) is 0.0906. The van der Waals surface area contributed by atoms with Gasteiger partial charge in [-0.25, -0.2) is 21.9 Å². The van der Waals surface area contributed by atoms with Crippen LogP contribution < -0.4 is 4.72 Å². The van der Waals surface area contributed by atoms with Crippen LogP contribution in [0.25, 0.3) is 11.1 Å². The molecule has 2 N–H and O–H groups in total. The maximum atomic E-state index is 13.2. The van der Waals surface area contributed by atoms with Crippen molar-refractivity contribution in [2.75, 3.05) is 13.2 Å². The number of aliphatic hydroxyl groups excluding tert-OH is 1. The Morgan fingerprint density at radius 1 is 0.913 bits per heavy atom. The zero-order chi connectivity index (χ0) is 16.9. The molecule has 0 fully saturated rings. The Hall–Kier alpha value is -1.83. The van der Waals surface area contributed by atoms with Crippen molar-refractivity contribution in [2.24, 2.45) is 0 Å². The number of aliphatic hydroxyl groups is 1. The van der Waals surface area contributed by atoms with Crippen LogP contribution in [0.5, 0.6) is 0 Å². The number of nitrogens with one attached hydrogen (secondary N) is 1. The topological polar surface area (TPSA) is 66.4 Å². The van der Waals surface area contributed by atoms with Crippen molar-refractivity contribution in [3.63, 3.8) is 0 Å². The van der Waals surface area contributed by atoms with E-state index in [0.717, 1.165) is 12.1 Å². The van der Waals surface area contributed by atoms with Crippen molar-refractivity contribution in [1.82, 2.24) is 4.72 Å². The second-order valence-corrected chi connectivity index (χ2v) is 6.75. The van der Waals surface area contributed by atoms with Gasteiger partial charge in [-0.05, 0) is 48.2 Å². The first kappa shape index (κ1) is 17.5. The van der Waals surface area contributed by atoms with E-state index in [1.165, 1.54) is 30.3 Å². The monoisotopic (exact) mass is 341 g/mol. The van der Waals surface area contributed by atoms with Gasteiger partial charge < -0.3 is 5.11 Å². The van der Waals surface area contributed by atoms with E-state index < -0.39 is 21.7 Å². The summed E-state index contributed by atoms with van der Waals surface area (Å²) < 4.78 is 52.7. The van der Waals surface area contributed by atoms with Gasteiger partial charge in [0.05, 0.1) is 4.90 Å². The highest BCUT2D eigenvalue weighted by molar-refractivity contribution is 7.89. The largest absolute Gasteiger partial charge is 0.396 e. The van der Waals surface area contributed by atoms with Gasteiger partial charge in [0.2, 0.25) is 10.0 Å². The SMILES string of the molecule is O=S(=O)(NCCCCO)c1ccc(-c2ccc(F)c(F)c2)cc1. The Kier molecular flexibility index (Phi) is 5.81. The van der Waals surface area contributed by atoms with E-state index >= 15 is 0 Å². The van der Waals surface area contributed by atoms with Gasteiger partial charge in [0, 0.05) is 13.2 Å². The van der Waals surface area contributed by atoms with E-state index in [-0.39, 0.29) is 18.0 Å². The van der Waals surface area contributed by atoms with E-state index in [9.17, 15) is 17.2 Å². The first-order valence-electron chi connectivity index (χ1n) is 7.10. The highest BCUT2D eigenvalue weighted by Crippen LogP contribution is 2.23. The summed E-state index contributed by atoms with van der Waals surface area (Å²) in [6, 6.07) is 9.40. The Balaban J connectivity index is 2.13. The van der Waals surface area contributed by atoms with Gasteiger partial charge in [-0.3, -0.25) is 0 Å². The van der Waals surface area contributed by atoms with Crippen LogP contribution in [0.2, 0.25) is 0 Å². The first-order chi connectivity index (χ1) is 10.9. The highest BCUT2D eigenvalue weighted by Gasteiger charge is 2.13. The molecule has 0 amide bonds. The Morgan fingerprint density at radius 2 is 1.57 bits per heavy atom. The molecule has 0 aromatic heterocycles. The maximum Gasteiger partial charge on any atom is 0.240 e. The summed E-state index contributed by atoms with van der Waals surface area (Å²) in [5.74, 6) is -1.88. The molecule has 0 spiro atoms. The molecule has 0 unspecified atom stereocenters. The van der Waals surface area contributed by atoms with Gasteiger partial charge >= 0.3 is 0 Å². The van der Waals surface area contributed by atoms with Crippen molar-refractivity contribution >= 4 is 10.0 Å². The van der Waals surface area contributed by atoms with Crippen LogP contribution in [0, 0.1) is 11.6 Å². The van der Waals surface area contributed by atoms with Crippen molar-refractivity contribution in [3.05, 3.63) is 54.1 Å². The van der Waals surface area contributed by atoms with Crippen LogP contribution in [-0.2, 0) is 10.0 Å². The Labute approximate surface area is 133 Å². The van der Waals surface area contributed by atoms with Gasteiger partial charge in [0.15, 0.2) is 11.6 Å². The van der Waals surface area contributed by atoms with Crippen molar-refractivity contribution in [1.29, 1.82) is 0 Å². The minimum atomic E-state index is -3.62. The minimum absolute atomic E-state index is 0.0185. The van der Waals surface area contributed by atoms with Gasteiger partial charge in [0.1, 0.15) is 0 Å². The lowest BCUT2D eigenvalue weighted by molar-refractivity contribution is 0.285. The van der Waals surface area contributed by atoms with E-state index in [4.69, 9.17) is 5.11 Å². The molecule has 2 rings (SSSR count). The summed E-state index contributed by atoms with van der Waals surface area (Å²) in [5, 5.41) is 8.66. The number of hydrogen-bond acceptors (Lipinski definition) is 3. The molecule has 0 aliphatic carbocycles. The predicted octanol–water partition coefficient (Wildman–Crippen LogP) is 2.68. The summed E-state index contributed by atoms with van der Waals surface area (Å²) in [6.07, 6.45) is 1.07. The number of sulfonamides is 1. The quantitative estimate of drug-likeness (QED) is 0.761. The van der Waals surface area contributed by atoms with E-state index in [2.05, 4.69) is 4.72 Å². The predicted molar refractivity (Wildman–Crippen MR) is 83.3 cm³/mol. The zero-order valence-corrected chi connectivity index (χ0v) is 13.1. The van der Waals surface area contributed by atoms with Crippen molar-refractivity contribution < 1.29 is 22.3 Å². The molecule has 2 aromatic carbocycles. The van der Waals surface area contributed by atoms with Gasteiger partial charge in [-0.15, -0.1) is 0 Å². The molecule has 2 aromatic rings. The van der Waals surface area contributed by atoms with Crippen LogP contribution in [0.1, 0.15) is 12.8 Å². The number of rotatable bonds is 7. The summed E-state index contributed by atoms with van der Waals surface area (Å²) >= 11 is 0. The molecular formula is C16H17F2NO3S. The lowest BCUT2D eigenvalue weighted by atomic mass is 10.1. The average molecular weight is 341 g/mol. The fourth-order valence-corrected chi connectivity index (χ4v) is 3.10. The maximum absolute atomic E-state index is 13.2. The lowest BCUT2D eigenvalue weighted by Crippen LogP contribution is -2.24.